The first-order valence-corrected chi connectivity index (χ1v) is 13.9. The number of aliphatic imine (C=N–C) groups is 2. The molecule has 0 saturated carbocycles. The highest BCUT2D eigenvalue weighted by molar-refractivity contribution is 6.51. The molecule has 1 aromatic heterocycles. The molecule has 2 aliphatic rings. The zero-order valence-electron chi connectivity index (χ0n) is 23.2. The maximum Gasteiger partial charge on any atom is 0.179 e. The molecule has 0 radical (unpaired) electrons. The summed E-state index contributed by atoms with van der Waals surface area (Å²) in [5.41, 5.74) is 6.29. The van der Waals surface area contributed by atoms with Gasteiger partial charge in [0.25, 0.3) is 0 Å². The number of hydrogen-bond donors (Lipinski definition) is 1. The van der Waals surface area contributed by atoms with E-state index >= 15 is 0 Å². The summed E-state index contributed by atoms with van der Waals surface area (Å²) < 4.78 is 13.2. The first-order chi connectivity index (χ1) is 20.6. The largest absolute Gasteiger partial charge is 0.496 e. The monoisotopic (exact) mass is 574 g/mol. The molecule has 1 atom stereocenters. The van der Waals surface area contributed by atoms with Crippen molar-refractivity contribution in [1.29, 1.82) is 0 Å². The average molecular weight is 575 g/mol. The maximum absolute atomic E-state index is 6.49. The minimum atomic E-state index is -0.297. The highest BCUT2D eigenvalue weighted by Gasteiger charge is 2.42. The van der Waals surface area contributed by atoms with Gasteiger partial charge in [0.2, 0.25) is 0 Å². The molecule has 9 heteroatoms. The molecule has 3 heterocycles. The first kappa shape index (κ1) is 25.9. The fourth-order valence-electron chi connectivity index (χ4n) is 5.61. The fraction of sp³-hybridized carbons (Fsp3) is 0.121. The van der Waals surface area contributed by atoms with Gasteiger partial charge in [-0.05, 0) is 55.5 Å². The van der Waals surface area contributed by atoms with E-state index in [0.717, 1.165) is 51.1 Å². The number of amidine groups is 2. The number of nitrogens with one attached hydrogen (secondary N) is 1. The fourth-order valence-corrected chi connectivity index (χ4v) is 5.87. The van der Waals surface area contributed by atoms with Crippen LogP contribution < -0.4 is 19.7 Å². The molecule has 5 aromatic rings. The van der Waals surface area contributed by atoms with Crippen molar-refractivity contribution in [1.82, 2.24) is 9.78 Å². The van der Waals surface area contributed by atoms with E-state index in [1.54, 1.807) is 14.2 Å². The molecule has 0 amide bonds. The minimum absolute atomic E-state index is 0.297. The Morgan fingerprint density at radius 3 is 2.33 bits per heavy atom. The summed E-state index contributed by atoms with van der Waals surface area (Å²) in [6.45, 7) is 2.03. The van der Waals surface area contributed by atoms with E-state index < -0.39 is 0 Å². The highest BCUT2D eigenvalue weighted by atomic mass is 35.5. The molecule has 8 nitrogen and oxygen atoms in total. The van der Waals surface area contributed by atoms with E-state index in [1.807, 2.05) is 96.5 Å². The van der Waals surface area contributed by atoms with Crippen molar-refractivity contribution in [2.75, 3.05) is 24.4 Å². The van der Waals surface area contributed by atoms with E-state index in [4.69, 9.17) is 36.2 Å². The van der Waals surface area contributed by atoms with Gasteiger partial charge in [-0.2, -0.15) is 5.10 Å². The van der Waals surface area contributed by atoms with Gasteiger partial charge in [-0.15, -0.1) is 0 Å². The summed E-state index contributed by atoms with van der Waals surface area (Å²) in [5.74, 6) is 3.35. The van der Waals surface area contributed by atoms with Gasteiger partial charge in [-0.25, -0.2) is 14.7 Å². The van der Waals surface area contributed by atoms with Crippen LogP contribution in [0.15, 0.2) is 107 Å². The molecule has 42 heavy (non-hydrogen) atoms. The Morgan fingerprint density at radius 1 is 0.810 bits per heavy atom. The Labute approximate surface area is 248 Å². The van der Waals surface area contributed by atoms with Crippen molar-refractivity contribution in [2.45, 2.75) is 13.0 Å². The molecule has 2 aliphatic heterocycles. The average Bonchev–Trinajstić information content (AvgIpc) is 3.36. The van der Waals surface area contributed by atoms with Gasteiger partial charge >= 0.3 is 0 Å². The normalized spacial score (nSPS) is 15.1. The van der Waals surface area contributed by atoms with Crippen LogP contribution in [-0.4, -0.2) is 35.7 Å². The molecule has 208 valence electrons. The number of hydrogen-bond acceptors (Lipinski definition) is 7. The van der Waals surface area contributed by atoms with Crippen LogP contribution in [0.2, 0.25) is 5.02 Å². The summed E-state index contributed by atoms with van der Waals surface area (Å²) in [4.78, 5) is 12.5. The number of aromatic nitrogens is 2. The maximum atomic E-state index is 6.49. The van der Waals surface area contributed by atoms with Crippen molar-refractivity contribution in [3.8, 4) is 17.2 Å². The van der Waals surface area contributed by atoms with Crippen LogP contribution >= 0.6 is 11.6 Å². The molecule has 1 N–H and O–H groups in total. The Balaban J connectivity index is 1.49. The summed E-state index contributed by atoms with van der Waals surface area (Å²) in [6, 6.07) is 31.5. The molecule has 0 fully saturated rings. The predicted molar refractivity (Wildman–Crippen MR) is 168 cm³/mol. The number of halogens is 1. The standard InChI is InChI=1S/C33H27ClN6O2/c1-20-29-30(23-13-7-10-16-27(23)41-2)39-26-15-9-8-14-25(26)36-31(35-21-17-18-28(42-3)24(34)19-21)33(39)37-32(29)40(38-20)22-11-5-4-6-12-22/h4-19,30H,1-3H3,(H,35,36)/t30-/m0/s1. The van der Waals surface area contributed by atoms with Gasteiger partial charge in [-0.3, -0.25) is 0 Å². The van der Waals surface area contributed by atoms with Crippen LogP contribution in [0.3, 0.4) is 0 Å². The van der Waals surface area contributed by atoms with Crippen molar-refractivity contribution in [3.05, 3.63) is 119 Å². The first-order valence-electron chi connectivity index (χ1n) is 13.5. The van der Waals surface area contributed by atoms with Gasteiger partial charge in [0, 0.05) is 16.8 Å². The zero-order valence-corrected chi connectivity index (χ0v) is 24.0. The predicted octanol–water partition coefficient (Wildman–Crippen LogP) is 7.65. The van der Waals surface area contributed by atoms with Crippen LogP contribution in [0, 0.1) is 6.92 Å². The third-order valence-corrected chi connectivity index (χ3v) is 7.78. The number of nitrogens with zero attached hydrogens (tertiary/aromatic N) is 5. The molecule has 0 bridgehead atoms. The number of para-hydroxylation sites is 4. The van der Waals surface area contributed by atoms with Crippen LogP contribution in [0.25, 0.3) is 5.69 Å². The number of rotatable bonds is 5. The molecule has 0 spiro atoms. The van der Waals surface area contributed by atoms with E-state index in [0.29, 0.717) is 22.4 Å². The molecule has 0 unspecified atom stereocenters. The van der Waals surface area contributed by atoms with Crippen LogP contribution in [0.5, 0.6) is 11.5 Å². The number of aryl methyl sites for hydroxylation is 1. The summed E-state index contributed by atoms with van der Waals surface area (Å²) >= 11 is 6.49. The second kappa shape index (κ2) is 10.4. The molecular weight excluding hydrogens is 548 g/mol. The topological polar surface area (TPSA) is 76.3 Å². The quantitative estimate of drug-likeness (QED) is 0.233. The molecule has 0 aliphatic carbocycles. The number of methoxy groups -OCH3 is 2. The van der Waals surface area contributed by atoms with Gasteiger partial charge in [-0.1, -0.05) is 60.1 Å². The molecule has 4 aromatic carbocycles. The van der Waals surface area contributed by atoms with E-state index in [2.05, 4.69) is 22.3 Å². The molecule has 0 saturated heterocycles. The van der Waals surface area contributed by atoms with E-state index in [9.17, 15) is 0 Å². The summed E-state index contributed by atoms with van der Waals surface area (Å²) in [5, 5.41) is 8.98. The second-order valence-corrected chi connectivity index (χ2v) is 10.4. The van der Waals surface area contributed by atoms with Gasteiger partial charge in [0.05, 0.1) is 48.0 Å². The minimum Gasteiger partial charge on any atom is -0.496 e. The third-order valence-electron chi connectivity index (χ3n) is 7.49. The lowest BCUT2D eigenvalue weighted by Gasteiger charge is -2.41. The lowest BCUT2D eigenvalue weighted by molar-refractivity contribution is 0.407. The number of anilines is 2. The van der Waals surface area contributed by atoms with Crippen molar-refractivity contribution in [3.63, 3.8) is 0 Å². The van der Waals surface area contributed by atoms with Crippen LogP contribution in [-0.2, 0) is 0 Å². The highest BCUT2D eigenvalue weighted by Crippen LogP contribution is 2.49. The van der Waals surface area contributed by atoms with Crippen molar-refractivity contribution < 1.29 is 9.47 Å². The van der Waals surface area contributed by atoms with Gasteiger partial charge in [0.1, 0.15) is 11.5 Å². The van der Waals surface area contributed by atoms with Crippen molar-refractivity contribution in [2.24, 2.45) is 9.98 Å². The SMILES string of the molecule is COc1ccc(NC2=Nc3ccccc3N3C2=Nc2c(c(C)nn2-c2ccccc2)[C@@H]3c2ccccc2OC)cc1Cl. The summed E-state index contributed by atoms with van der Waals surface area (Å²) in [7, 11) is 3.29. The Hall–Kier alpha value is -5.08. The van der Waals surface area contributed by atoms with Crippen molar-refractivity contribution >= 4 is 46.2 Å². The number of benzene rings is 4. The Morgan fingerprint density at radius 2 is 1.55 bits per heavy atom. The van der Waals surface area contributed by atoms with Crippen LogP contribution in [0.1, 0.15) is 22.9 Å². The lowest BCUT2D eigenvalue weighted by Crippen LogP contribution is -2.46. The zero-order chi connectivity index (χ0) is 28.8. The number of fused-ring (bicyclic) bond motifs is 4. The number of ether oxygens (including phenoxy) is 2. The second-order valence-electron chi connectivity index (χ2n) is 9.94. The molecule has 7 rings (SSSR count). The summed E-state index contributed by atoms with van der Waals surface area (Å²) in [6.07, 6.45) is 0. The third kappa shape index (κ3) is 4.19. The molecular formula is C33H27ClN6O2. The Bertz CT molecular complexity index is 1880. The van der Waals surface area contributed by atoms with Gasteiger partial charge in [0.15, 0.2) is 17.5 Å². The Kier molecular flexibility index (Phi) is 6.40. The lowest BCUT2D eigenvalue weighted by atomic mass is 9.92. The smallest absolute Gasteiger partial charge is 0.179 e. The van der Waals surface area contributed by atoms with Crippen LogP contribution in [0.4, 0.5) is 22.9 Å². The van der Waals surface area contributed by atoms with Gasteiger partial charge < -0.3 is 19.7 Å². The van der Waals surface area contributed by atoms with E-state index in [-0.39, 0.29) is 6.04 Å². The van der Waals surface area contributed by atoms with E-state index in [1.165, 1.54) is 0 Å².